The number of amides is 2. The summed E-state index contributed by atoms with van der Waals surface area (Å²) < 4.78 is 12.3. The first-order valence-corrected chi connectivity index (χ1v) is 8.20. The summed E-state index contributed by atoms with van der Waals surface area (Å²) in [5.41, 5.74) is 2.99. The first-order chi connectivity index (χ1) is 11.9. The molecule has 2 N–H and O–H groups in total. The summed E-state index contributed by atoms with van der Waals surface area (Å²) >= 11 is 0. The van der Waals surface area contributed by atoms with Gasteiger partial charge in [0, 0.05) is 25.4 Å². The third kappa shape index (κ3) is 4.89. The number of hydrogen-bond acceptors (Lipinski definition) is 4. The molecule has 25 heavy (non-hydrogen) atoms. The minimum Gasteiger partial charge on any atom is -0.493 e. The average molecular weight is 346 g/mol. The van der Waals surface area contributed by atoms with E-state index in [9.17, 15) is 4.79 Å². The van der Waals surface area contributed by atoms with E-state index in [1.807, 2.05) is 45.3 Å². The molecule has 0 radical (unpaired) electrons. The van der Waals surface area contributed by atoms with E-state index in [1.54, 1.807) is 18.9 Å². The van der Waals surface area contributed by atoms with Crippen LogP contribution in [0.4, 0.5) is 4.79 Å². The topological polar surface area (TPSA) is 77.4 Å². The van der Waals surface area contributed by atoms with Crippen LogP contribution >= 0.6 is 0 Å². The Kier molecular flexibility index (Phi) is 6.27. The Balaban J connectivity index is 1.83. The van der Waals surface area contributed by atoms with Crippen molar-refractivity contribution >= 4 is 6.03 Å². The lowest BCUT2D eigenvalue weighted by molar-refractivity contribution is 0.238. The molecule has 0 aliphatic heterocycles. The molecule has 2 rings (SSSR count). The molecule has 2 amide bonds. The number of benzene rings is 1. The number of hydrogen-bond donors (Lipinski definition) is 2. The molecule has 1 heterocycles. The van der Waals surface area contributed by atoms with Crippen LogP contribution < -0.4 is 20.1 Å². The van der Waals surface area contributed by atoms with E-state index >= 15 is 0 Å². The van der Waals surface area contributed by atoms with Gasteiger partial charge in [0.25, 0.3) is 0 Å². The molecule has 0 aliphatic rings. The van der Waals surface area contributed by atoms with Gasteiger partial charge >= 0.3 is 6.03 Å². The van der Waals surface area contributed by atoms with E-state index in [4.69, 9.17) is 9.47 Å². The van der Waals surface area contributed by atoms with Crippen molar-refractivity contribution in [2.45, 2.75) is 26.3 Å². The number of nitrogens with zero attached hydrogens (tertiary/aromatic N) is 2. The summed E-state index contributed by atoms with van der Waals surface area (Å²) in [6.45, 7) is 4.40. The Bertz CT molecular complexity index is 727. The van der Waals surface area contributed by atoms with Gasteiger partial charge in [-0.25, -0.2) is 4.79 Å². The molecule has 0 aliphatic carbocycles. The molecular formula is C18H26N4O3. The highest BCUT2D eigenvalue weighted by Gasteiger charge is 2.14. The molecule has 2 aromatic rings. The number of ether oxygens (including phenoxy) is 2. The summed E-state index contributed by atoms with van der Waals surface area (Å²) in [6.07, 6.45) is 2.62. The molecule has 1 aromatic heterocycles. The monoisotopic (exact) mass is 346 g/mol. The van der Waals surface area contributed by atoms with E-state index in [0.717, 1.165) is 16.8 Å². The zero-order valence-corrected chi connectivity index (χ0v) is 15.4. The van der Waals surface area contributed by atoms with Gasteiger partial charge in [-0.3, -0.25) is 4.68 Å². The smallest absolute Gasteiger partial charge is 0.315 e. The maximum atomic E-state index is 12.1. The van der Waals surface area contributed by atoms with Crippen molar-refractivity contribution in [2.24, 2.45) is 7.05 Å². The van der Waals surface area contributed by atoms with Gasteiger partial charge in [0.15, 0.2) is 11.5 Å². The van der Waals surface area contributed by atoms with Crippen molar-refractivity contribution in [1.29, 1.82) is 0 Å². The van der Waals surface area contributed by atoms with E-state index in [2.05, 4.69) is 15.7 Å². The van der Waals surface area contributed by atoms with Crippen molar-refractivity contribution in [2.75, 3.05) is 20.8 Å². The number of carbonyl (C=O) groups excluding carboxylic acids is 1. The molecule has 1 unspecified atom stereocenters. The van der Waals surface area contributed by atoms with Gasteiger partial charge in [0.2, 0.25) is 0 Å². The van der Waals surface area contributed by atoms with Gasteiger partial charge in [-0.1, -0.05) is 6.07 Å². The van der Waals surface area contributed by atoms with E-state index < -0.39 is 0 Å². The predicted octanol–water partition coefficient (Wildman–Crippen LogP) is 2.35. The Morgan fingerprint density at radius 3 is 2.60 bits per heavy atom. The van der Waals surface area contributed by atoms with Crippen LogP contribution in [-0.2, 0) is 13.5 Å². The maximum Gasteiger partial charge on any atom is 0.315 e. The Hall–Kier alpha value is -2.70. The van der Waals surface area contributed by atoms with Crippen molar-refractivity contribution in [1.82, 2.24) is 20.4 Å². The van der Waals surface area contributed by atoms with Crippen LogP contribution in [0.2, 0.25) is 0 Å². The number of aromatic nitrogens is 2. The highest BCUT2D eigenvalue weighted by atomic mass is 16.5. The maximum absolute atomic E-state index is 12.1. The van der Waals surface area contributed by atoms with E-state index in [1.165, 1.54) is 0 Å². The normalized spacial score (nSPS) is 11.7. The van der Waals surface area contributed by atoms with Crippen LogP contribution in [0.1, 0.15) is 29.8 Å². The second kappa shape index (κ2) is 8.41. The van der Waals surface area contributed by atoms with Crippen LogP contribution in [0, 0.1) is 6.92 Å². The lowest BCUT2D eigenvalue weighted by atomic mass is 10.1. The fourth-order valence-corrected chi connectivity index (χ4v) is 2.72. The fourth-order valence-electron chi connectivity index (χ4n) is 2.72. The van der Waals surface area contributed by atoms with Gasteiger partial charge in [0.1, 0.15) is 0 Å². The minimum absolute atomic E-state index is 0.102. The average Bonchev–Trinajstić information content (AvgIpc) is 2.93. The lowest BCUT2D eigenvalue weighted by Crippen LogP contribution is -2.38. The lowest BCUT2D eigenvalue weighted by Gasteiger charge is -2.14. The number of methoxy groups -OCH3 is 2. The first kappa shape index (κ1) is 18.6. The first-order valence-electron chi connectivity index (χ1n) is 8.20. The standard InChI is InChI=1S/C18H26N4O3/c1-12(15-11-22(3)21-13(15)2)20-18(23)19-9-8-14-6-7-16(24-4)17(10-14)25-5/h6-7,10-12H,8-9H2,1-5H3,(H2,19,20,23). The van der Waals surface area contributed by atoms with Gasteiger partial charge in [-0.2, -0.15) is 5.10 Å². The van der Waals surface area contributed by atoms with Crippen molar-refractivity contribution in [3.05, 3.63) is 41.2 Å². The number of nitrogens with one attached hydrogen (secondary N) is 2. The van der Waals surface area contributed by atoms with Crippen molar-refractivity contribution < 1.29 is 14.3 Å². The fraction of sp³-hybridized carbons (Fsp3) is 0.444. The van der Waals surface area contributed by atoms with Gasteiger partial charge in [0.05, 0.1) is 26.0 Å². The number of rotatable bonds is 7. The second-order valence-electron chi connectivity index (χ2n) is 5.90. The van der Waals surface area contributed by atoms with Gasteiger partial charge in [-0.05, 0) is 38.0 Å². The molecule has 0 saturated heterocycles. The minimum atomic E-state index is -0.198. The number of urea groups is 1. The molecule has 1 aromatic carbocycles. The third-order valence-electron chi connectivity index (χ3n) is 4.01. The quantitative estimate of drug-likeness (QED) is 0.807. The van der Waals surface area contributed by atoms with E-state index in [0.29, 0.717) is 24.5 Å². The van der Waals surface area contributed by atoms with Gasteiger partial charge < -0.3 is 20.1 Å². The molecule has 0 fully saturated rings. The summed E-state index contributed by atoms with van der Waals surface area (Å²) in [5, 5.41) is 10.1. The Morgan fingerprint density at radius 2 is 2.00 bits per heavy atom. The number of carbonyl (C=O) groups is 1. The molecular weight excluding hydrogens is 320 g/mol. The van der Waals surface area contributed by atoms with Crippen LogP contribution in [-0.4, -0.2) is 36.6 Å². The van der Waals surface area contributed by atoms with Crippen molar-refractivity contribution in [3.8, 4) is 11.5 Å². The molecule has 1 atom stereocenters. The molecule has 0 spiro atoms. The predicted molar refractivity (Wildman–Crippen MR) is 96.1 cm³/mol. The van der Waals surface area contributed by atoms with Crippen LogP contribution in [0.3, 0.4) is 0 Å². The molecule has 0 saturated carbocycles. The zero-order valence-electron chi connectivity index (χ0n) is 15.4. The highest BCUT2D eigenvalue weighted by Crippen LogP contribution is 2.27. The van der Waals surface area contributed by atoms with Crippen LogP contribution in [0.25, 0.3) is 0 Å². The highest BCUT2D eigenvalue weighted by molar-refractivity contribution is 5.74. The number of aryl methyl sites for hydroxylation is 2. The van der Waals surface area contributed by atoms with E-state index in [-0.39, 0.29) is 12.1 Å². The Morgan fingerprint density at radius 1 is 1.28 bits per heavy atom. The largest absolute Gasteiger partial charge is 0.493 e. The third-order valence-corrected chi connectivity index (χ3v) is 4.01. The summed E-state index contributed by atoms with van der Waals surface area (Å²) in [7, 11) is 5.08. The van der Waals surface area contributed by atoms with Crippen LogP contribution in [0.5, 0.6) is 11.5 Å². The SMILES string of the molecule is COc1ccc(CCNC(=O)NC(C)c2cn(C)nc2C)cc1OC. The van der Waals surface area contributed by atoms with Gasteiger partial charge in [-0.15, -0.1) is 0 Å². The molecule has 7 heteroatoms. The van der Waals surface area contributed by atoms with Crippen molar-refractivity contribution in [3.63, 3.8) is 0 Å². The zero-order chi connectivity index (χ0) is 18.4. The molecule has 0 bridgehead atoms. The summed E-state index contributed by atoms with van der Waals surface area (Å²) in [6, 6.07) is 5.44. The molecule has 7 nitrogen and oxygen atoms in total. The molecule has 136 valence electrons. The summed E-state index contributed by atoms with van der Waals surface area (Å²) in [5.74, 6) is 1.38. The summed E-state index contributed by atoms with van der Waals surface area (Å²) in [4.78, 5) is 12.1. The second-order valence-corrected chi connectivity index (χ2v) is 5.90. The Labute approximate surface area is 148 Å². The van der Waals surface area contributed by atoms with Crippen LogP contribution in [0.15, 0.2) is 24.4 Å².